The number of nitrogens with one attached hydrogen (secondary N) is 2. The van der Waals surface area contributed by atoms with E-state index in [0.29, 0.717) is 18.0 Å². The number of aromatic nitrogens is 1. The van der Waals surface area contributed by atoms with Crippen LogP contribution in [0.25, 0.3) is 10.6 Å². The lowest BCUT2D eigenvalue weighted by molar-refractivity contribution is -0.121. The summed E-state index contributed by atoms with van der Waals surface area (Å²) in [4.78, 5) is 17.1. The molecule has 7 nitrogen and oxygen atoms in total. The van der Waals surface area contributed by atoms with Gasteiger partial charge >= 0.3 is 0 Å². The maximum Gasteiger partial charge on any atom is 0.229 e. The van der Waals surface area contributed by atoms with E-state index in [1.165, 1.54) is 11.3 Å². The number of amides is 1. The Labute approximate surface area is 186 Å². The van der Waals surface area contributed by atoms with Gasteiger partial charge in [-0.15, -0.1) is 11.3 Å². The number of carbonyl (C=O) groups is 1. The summed E-state index contributed by atoms with van der Waals surface area (Å²) in [5.74, 6) is 0.607. The predicted octanol–water partition coefficient (Wildman–Crippen LogP) is 4.00. The fourth-order valence-corrected chi connectivity index (χ4v) is 4.47. The van der Waals surface area contributed by atoms with E-state index in [0.717, 1.165) is 28.1 Å². The van der Waals surface area contributed by atoms with Gasteiger partial charge in [-0.1, -0.05) is 24.3 Å². The minimum absolute atomic E-state index is 0.152. The number of nitrogens with zero attached hydrogens (tertiary/aromatic N) is 1. The first-order chi connectivity index (χ1) is 14.7. The molecule has 0 aliphatic carbocycles. The average Bonchev–Trinajstić information content (AvgIpc) is 3.15. The Balaban J connectivity index is 1.65. The number of ether oxygens (including phenoxy) is 1. The summed E-state index contributed by atoms with van der Waals surface area (Å²) in [6.45, 7) is 4.35. The summed E-state index contributed by atoms with van der Waals surface area (Å²) in [7, 11) is -3.36. The molecule has 0 bridgehead atoms. The molecular weight excluding hydrogens is 434 g/mol. The summed E-state index contributed by atoms with van der Waals surface area (Å²) in [6.07, 6.45) is 1.25. The second-order valence-corrected chi connectivity index (χ2v) is 9.65. The molecule has 0 saturated carbocycles. The van der Waals surface area contributed by atoms with Crippen LogP contribution < -0.4 is 14.8 Å². The average molecular weight is 460 g/mol. The second kappa shape index (κ2) is 9.93. The maximum atomic E-state index is 12.5. The molecular formula is C22H25N3O4S2. The largest absolute Gasteiger partial charge is 0.493 e. The number of sulfonamides is 1. The zero-order chi connectivity index (χ0) is 22.4. The molecule has 1 atom stereocenters. The van der Waals surface area contributed by atoms with Crippen LogP contribution in [0.15, 0.2) is 53.9 Å². The second-order valence-electron chi connectivity index (χ2n) is 7.04. The van der Waals surface area contributed by atoms with Gasteiger partial charge in [0.05, 0.1) is 36.6 Å². The van der Waals surface area contributed by atoms with Gasteiger partial charge in [-0.25, -0.2) is 13.4 Å². The van der Waals surface area contributed by atoms with E-state index in [-0.39, 0.29) is 18.4 Å². The smallest absolute Gasteiger partial charge is 0.229 e. The van der Waals surface area contributed by atoms with Crippen molar-refractivity contribution in [1.82, 2.24) is 10.3 Å². The highest BCUT2D eigenvalue weighted by Crippen LogP contribution is 2.32. The van der Waals surface area contributed by atoms with Crippen LogP contribution >= 0.6 is 11.3 Å². The van der Waals surface area contributed by atoms with E-state index >= 15 is 0 Å². The molecule has 0 aliphatic heterocycles. The van der Waals surface area contributed by atoms with Crippen molar-refractivity contribution in [2.45, 2.75) is 26.3 Å². The number of hydrogen-bond acceptors (Lipinski definition) is 6. The molecule has 0 saturated heterocycles. The van der Waals surface area contributed by atoms with Gasteiger partial charge in [-0.05, 0) is 43.7 Å². The Morgan fingerprint density at radius 1 is 1.19 bits per heavy atom. The number of para-hydroxylation sites is 1. The fourth-order valence-electron chi connectivity index (χ4n) is 3.06. The summed E-state index contributed by atoms with van der Waals surface area (Å²) < 4.78 is 31.0. The van der Waals surface area contributed by atoms with Gasteiger partial charge in [0.2, 0.25) is 15.9 Å². The van der Waals surface area contributed by atoms with Crippen molar-refractivity contribution >= 4 is 33.0 Å². The van der Waals surface area contributed by atoms with Crippen molar-refractivity contribution in [3.63, 3.8) is 0 Å². The quantitative estimate of drug-likeness (QED) is 0.504. The number of anilines is 1. The van der Waals surface area contributed by atoms with Crippen LogP contribution in [0.1, 0.15) is 31.1 Å². The van der Waals surface area contributed by atoms with Crippen molar-refractivity contribution in [2.75, 3.05) is 17.6 Å². The van der Waals surface area contributed by atoms with Gasteiger partial charge in [0.15, 0.2) is 0 Å². The fraction of sp³-hybridized carbons (Fsp3) is 0.273. The Bertz CT molecular complexity index is 1160. The Hall–Kier alpha value is -2.91. The molecule has 1 amide bonds. The highest BCUT2D eigenvalue weighted by molar-refractivity contribution is 7.92. The highest BCUT2D eigenvalue weighted by atomic mass is 32.2. The third-order valence-electron chi connectivity index (χ3n) is 4.38. The monoisotopic (exact) mass is 459 g/mol. The van der Waals surface area contributed by atoms with Crippen LogP contribution in [0.5, 0.6) is 5.75 Å². The van der Waals surface area contributed by atoms with Gasteiger partial charge in [-0.3, -0.25) is 9.52 Å². The van der Waals surface area contributed by atoms with Crippen LogP contribution in [0.4, 0.5) is 5.69 Å². The van der Waals surface area contributed by atoms with Gasteiger partial charge in [0.25, 0.3) is 0 Å². The standard InChI is InChI=1S/C22H25N3O4S2/c1-4-29-20-11-6-5-10-19(20)22-24-18(14-30-22)13-21(26)23-15(2)16-8-7-9-17(12-16)25-31(3,27)28/h5-12,14-15,25H,4,13H2,1-3H3,(H,23,26). The van der Waals surface area contributed by atoms with E-state index in [9.17, 15) is 13.2 Å². The molecule has 164 valence electrons. The lowest BCUT2D eigenvalue weighted by Gasteiger charge is -2.15. The van der Waals surface area contributed by atoms with E-state index in [2.05, 4.69) is 15.0 Å². The van der Waals surface area contributed by atoms with Crippen molar-refractivity contribution in [3.8, 4) is 16.3 Å². The number of hydrogen-bond donors (Lipinski definition) is 2. The normalized spacial score (nSPS) is 12.2. The van der Waals surface area contributed by atoms with Crippen LogP contribution in [0, 0.1) is 0 Å². The van der Waals surface area contributed by atoms with Gasteiger partial charge in [0, 0.05) is 11.1 Å². The zero-order valence-electron chi connectivity index (χ0n) is 17.6. The number of rotatable bonds is 9. The summed E-state index contributed by atoms with van der Waals surface area (Å²) in [5.41, 5.74) is 2.85. The van der Waals surface area contributed by atoms with Crippen molar-refractivity contribution in [3.05, 3.63) is 65.2 Å². The minimum atomic E-state index is -3.36. The van der Waals surface area contributed by atoms with Crippen LogP contribution in [-0.4, -0.2) is 32.2 Å². The molecule has 1 aromatic heterocycles. The first kappa shape index (κ1) is 22.8. The Kier molecular flexibility index (Phi) is 7.29. The molecule has 0 aliphatic rings. The molecule has 0 radical (unpaired) electrons. The van der Waals surface area contributed by atoms with Gasteiger partial charge < -0.3 is 10.1 Å². The highest BCUT2D eigenvalue weighted by Gasteiger charge is 2.15. The van der Waals surface area contributed by atoms with E-state index in [1.54, 1.807) is 18.2 Å². The molecule has 1 heterocycles. The number of benzene rings is 2. The number of thiazole rings is 1. The lowest BCUT2D eigenvalue weighted by Crippen LogP contribution is -2.28. The summed E-state index contributed by atoms with van der Waals surface area (Å²) in [5, 5.41) is 5.62. The SMILES string of the molecule is CCOc1ccccc1-c1nc(CC(=O)NC(C)c2cccc(NS(C)(=O)=O)c2)cs1. The van der Waals surface area contributed by atoms with Crippen LogP contribution in [0.3, 0.4) is 0 Å². The van der Waals surface area contributed by atoms with Crippen LogP contribution in [-0.2, 0) is 21.2 Å². The third kappa shape index (κ3) is 6.53. The molecule has 3 rings (SSSR count). The van der Waals surface area contributed by atoms with E-state index < -0.39 is 10.0 Å². The Morgan fingerprint density at radius 3 is 2.71 bits per heavy atom. The summed E-state index contributed by atoms with van der Waals surface area (Å²) in [6, 6.07) is 14.4. The van der Waals surface area contributed by atoms with Gasteiger partial charge in [0.1, 0.15) is 10.8 Å². The van der Waals surface area contributed by atoms with Crippen LogP contribution in [0.2, 0.25) is 0 Å². The number of carbonyl (C=O) groups excluding carboxylic acids is 1. The first-order valence-corrected chi connectivity index (χ1v) is 12.6. The molecule has 2 N–H and O–H groups in total. The first-order valence-electron chi connectivity index (χ1n) is 9.79. The summed E-state index contributed by atoms with van der Waals surface area (Å²) >= 11 is 1.47. The molecule has 31 heavy (non-hydrogen) atoms. The maximum absolute atomic E-state index is 12.5. The predicted molar refractivity (Wildman–Crippen MR) is 124 cm³/mol. The van der Waals surface area contributed by atoms with E-state index in [4.69, 9.17) is 4.74 Å². The lowest BCUT2D eigenvalue weighted by atomic mass is 10.1. The Morgan fingerprint density at radius 2 is 1.97 bits per heavy atom. The van der Waals surface area contributed by atoms with Crippen molar-refractivity contribution in [1.29, 1.82) is 0 Å². The molecule has 0 spiro atoms. The van der Waals surface area contributed by atoms with Crippen molar-refractivity contribution in [2.24, 2.45) is 0 Å². The topological polar surface area (TPSA) is 97.4 Å². The molecule has 9 heteroatoms. The molecule has 2 aromatic carbocycles. The zero-order valence-corrected chi connectivity index (χ0v) is 19.2. The molecule has 1 unspecified atom stereocenters. The van der Waals surface area contributed by atoms with Gasteiger partial charge in [-0.2, -0.15) is 0 Å². The molecule has 0 fully saturated rings. The third-order valence-corrected chi connectivity index (χ3v) is 5.91. The van der Waals surface area contributed by atoms with E-state index in [1.807, 2.05) is 49.6 Å². The minimum Gasteiger partial charge on any atom is -0.493 e. The van der Waals surface area contributed by atoms with Crippen molar-refractivity contribution < 1.29 is 17.9 Å². The molecule has 3 aromatic rings.